The molecule has 1 aliphatic rings. The summed E-state index contributed by atoms with van der Waals surface area (Å²) in [7, 11) is 4.56. The summed E-state index contributed by atoms with van der Waals surface area (Å²) >= 11 is 7.19. The molecule has 3 rings (SSSR count). The van der Waals surface area contributed by atoms with E-state index >= 15 is 0 Å². The average Bonchev–Trinajstić information content (AvgIpc) is 2.74. The summed E-state index contributed by atoms with van der Waals surface area (Å²) in [5, 5.41) is 0.152. The van der Waals surface area contributed by atoms with Crippen molar-refractivity contribution in [3.8, 4) is 11.5 Å². The molecule has 1 fully saturated rings. The first-order chi connectivity index (χ1) is 14.2. The Kier molecular flexibility index (Phi) is 6.71. The van der Waals surface area contributed by atoms with Gasteiger partial charge in [-0.25, -0.2) is 4.39 Å². The lowest BCUT2D eigenvalue weighted by Gasteiger charge is -2.31. The molecule has 30 heavy (non-hydrogen) atoms. The van der Waals surface area contributed by atoms with Gasteiger partial charge in [-0.2, -0.15) is 0 Å². The highest BCUT2D eigenvalue weighted by Crippen LogP contribution is 2.35. The molecular weight excluding hydrogens is 522 g/mol. The number of carbonyl (C=O) groups excluding carboxylic acids is 2. The second-order valence-electron chi connectivity index (χ2n) is 6.52. The van der Waals surface area contributed by atoms with Crippen LogP contribution >= 0.6 is 34.8 Å². The predicted molar refractivity (Wildman–Crippen MR) is 123 cm³/mol. The fourth-order valence-corrected chi connectivity index (χ4v) is 3.79. The maximum Gasteiger partial charge on any atom is 0.265 e. The van der Waals surface area contributed by atoms with E-state index in [4.69, 9.17) is 21.7 Å². The van der Waals surface area contributed by atoms with Crippen molar-refractivity contribution in [2.75, 3.05) is 21.2 Å². The molecule has 0 aromatic heterocycles. The summed E-state index contributed by atoms with van der Waals surface area (Å²) in [5.41, 5.74) is 1.42. The van der Waals surface area contributed by atoms with E-state index in [-0.39, 0.29) is 23.1 Å². The van der Waals surface area contributed by atoms with Crippen molar-refractivity contribution < 1.29 is 23.5 Å². The van der Waals surface area contributed by atoms with E-state index in [0.717, 1.165) is 9.13 Å². The van der Waals surface area contributed by atoms with Gasteiger partial charge in [0, 0.05) is 14.1 Å². The molecule has 2 aromatic rings. The van der Waals surface area contributed by atoms with Crippen LogP contribution < -0.4 is 9.47 Å². The van der Waals surface area contributed by atoms with Crippen LogP contribution in [0.25, 0.3) is 6.08 Å². The Morgan fingerprint density at radius 1 is 1.10 bits per heavy atom. The van der Waals surface area contributed by atoms with Gasteiger partial charge in [0.25, 0.3) is 11.8 Å². The molecule has 1 aliphatic heterocycles. The van der Waals surface area contributed by atoms with E-state index in [1.54, 1.807) is 24.3 Å². The number of carbonyl (C=O) groups is 2. The van der Waals surface area contributed by atoms with Crippen molar-refractivity contribution in [2.24, 2.45) is 0 Å². The maximum atomic E-state index is 13.1. The van der Waals surface area contributed by atoms with Crippen LogP contribution in [0.15, 0.2) is 42.0 Å². The van der Waals surface area contributed by atoms with Crippen LogP contribution in [0, 0.1) is 9.39 Å². The SMILES string of the molecule is COc1cc(C=C2C(=O)N(C)C(=S)N(C)C2=O)cc(I)c1OCc1ccc(F)cc1. The van der Waals surface area contributed by atoms with Crippen molar-refractivity contribution in [3.05, 3.63) is 62.5 Å². The zero-order valence-electron chi connectivity index (χ0n) is 16.4. The van der Waals surface area contributed by atoms with Gasteiger partial charge >= 0.3 is 0 Å². The zero-order chi connectivity index (χ0) is 22.0. The smallest absolute Gasteiger partial charge is 0.265 e. The van der Waals surface area contributed by atoms with Crippen LogP contribution in [0.2, 0.25) is 0 Å². The van der Waals surface area contributed by atoms with Crippen LogP contribution in [-0.4, -0.2) is 47.9 Å². The van der Waals surface area contributed by atoms with Gasteiger partial charge in [-0.05, 0) is 76.3 Å². The lowest BCUT2D eigenvalue weighted by atomic mass is 10.1. The molecule has 0 radical (unpaired) electrons. The molecule has 0 saturated carbocycles. The Morgan fingerprint density at radius 3 is 2.27 bits per heavy atom. The molecule has 0 unspecified atom stereocenters. The minimum atomic E-state index is -0.464. The average molecular weight is 540 g/mol. The van der Waals surface area contributed by atoms with Gasteiger partial charge in [0.1, 0.15) is 18.0 Å². The quantitative estimate of drug-likeness (QED) is 0.251. The topological polar surface area (TPSA) is 59.1 Å². The summed E-state index contributed by atoms with van der Waals surface area (Å²) in [6, 6.07) is 9.49. The predicted octanol–water partition coefficient (Wildman–Crippen LogP) is 3.62. The Morgan fingerprint density at radius 2 is 1.70 bits per heavy atom. The van der Waals surface area contributed by atoms with Gasteiger partial charge in [0.05, 0.1) is 10.7 Å². The summed E-state index contributed by atoms with van der Waals surface area (Å²) in [6.07, 6.45) is 1.51. The number of rotatable bonds is 5. The first-order valence-electron chi connectivity index (χ1n) is 8.79. The second-order valence-corrected chi connectivity index (χ2v) is 8.05. The third-order valence-corrected chi connectivity index (χ3v) is 5.85. The third-order valence-electron chi connectivity index (χ3n) is 4.50. The first-order valence-corrected chi connectivity index (χ1v) is 10.3. The number of likely N-dealkylation sites (N-methyl/N-ethyl adjacent to an activating group) is 2. The minimum absolute atomic E-state index is 0.00596. The molecule has 6 nitrogen and oxygen atoms in total. The van der Waals surface area contributed by atoms with Crippen molar-refractivity contribution in [2.45, 2.75) is 6.61 Å². The minimum Gasteiger partial charge on any atom is -0.493 e. The molecule has 0 N–H and O–H groups in total. The Labute approximate surface area is 192 Å². The van der Waals surface area contributed by atoms with Crippen LogP contribution in [-0.2, 0) is 16.2 Å². The van der Waals surface area contributed by atoms with E-state index < -0.39 is 11.8 Å². The van der Waals surface area contributed by atoms with Gasteiger partial charge < -0.3 is 9.47 Å². The number of ether oxygens (including phenoxy) is 2. The van der Waals surface area contributed by atoms with Gasteiger partial charge in [0.2, 0.25) is 0 Å². The number of hydrogen-bond acceptors (Lipinski definition) is 5. The van der Waals surface area contributed by atoms with E-state index in [1.165, 1.54) is 49.2 Å². The lowest BCUT2D eigenvalue weighted by molar-refractivity contribution is -0.132. The normalized spacial score (nSPS) is 14.3. The first kappa shape index (κ1) is 22.2. The summed E-state index contributed by atoms with van der Waals surface area (Å²) in [4.78, 5) is 27.6. The van der Waals surface area contributed by atoms with Crippen molar-refractivity contribution in [3.63, 3.8) is 0 Å². The van der Waals surface area contributed by atoms with Gasteiger partial charge in [-0.15, -0.1) is 0 Å². The number of benzene rings is 2. The molecule has 2 amide bonds. The largest absolute Gasteiger partial charge is 0.493 e. The van der Waals surface area contributed by atoms with E-state index in [0.29, 0.717) is 17.1 Å². The van der Waals surface area contributed by atoms with Crippen LogP contribution in [0.1, 0.15) is 11.1 Å². The standard InChI is InChI=1S/C21H18FIN2O4S/c1-24-19(26)15(20(27)25(2)21(24)30)8-13-9-16(23)18(17(10-13)28-3)29-11-12-4-6-14(22)7-5-12/h4-10H,11H2,1-3H3. The number of hydrogen-bond donors (Lipinski definition) is 0. The number of amides is 2. The molecule has 156 valence electrons. The highest BCUT2D eigenvalue weighted by Gasteiger charge is 2.35. The fourth-order valence-electron chi connectivity index (χ4n) is 2.84. The van der Waals surface area contributed by atoms with Gasteiger partial charge in [-0.1, -0.05) is 12.1 Å². The zero-order valence-corrected chi connectivity index (χ0v) is 19.4. The molecular formula is C21H18FIN2O4S. The molecule has 0 spiro atoms. The summed E-state index contributed by atoms with van der Waals surface area (Å²) < 4.78 is 25.1. The monoisotopic (exact) mass is 540 g/mol. The van der Waals surface area contributed by atoms with Gasteiger partial charge in [-0.3, -0.25) is 19.4 Å². The highest BCUT2D eigenvalue weighted by atomic mass is 127. The molecule has 1 saturated heterocycles. The molecule has 0 bridgehead atoms. The Hall–Kier alpha value is -2.53. The number of methoxy groups -OCH3 is 1. The molecule has 2 aromatic carbocycles. The number of halogens is 2. The van der Waals surface area contributed by atoms with Gasteiger partial charge in [0.15, 0.2) is 16.6 Å². The van der Waals surface area contributed by atoms with Crippen LogP contribution in [0.5, 0.6) is 11.5 Å². The van der Waals surface area contributed by atoms with Crippen molar-refractivity contribution in [1.29, 1.82) is 0 Å². The maximum absolute atomic E-state index is 13.1. The van der Waals surface area contributed by atoms with Crippen LogP contribution in [0.3, 0.4) is 0 Å². The highest BCUT2D eigenvalue weighted by molar-refractivity contribution is 14.1. The molecule has 0 atom stereocenters. The number of nitrogens with zero attached hydrogens (tertiary/aromatic N) is 2. The van der Waals surface area contributed by atoms with E-state index in [1.807, 2.05) is 0 Å². The Balaban J connectivity index is 1.90. The third kappa shape index (κ3) is 4.46. The van der Waals surface area contributed by atoms with E-state index in [9.17, 15) is 14.0 Å². The van der Waals surface area contributed by atoms with E-state index in [2.05, 4.69) is 22.6 Å². The summed E-state index contributed by atoms with van der Waals surface area (Å²) in [6.45, 7) is 0.233. The van der Waals surface area contributed by atoms with Crippen molar-refractivity contribution >= 4 is 57.8 Å². The second kappa shape index (κ2) is 9.09. The summed E-state index contributed by atoms with van der Waals surface area (Å²) in [5.74, 6) is -0.278. The lowest BCUT2D eigenvalue weighted by Crippen LogP contribution is -2.52. The molecule has 1 heterocycles. The fraction of sp³-hybridized carbons (Fsp3) is 0.190. The van der Waals surface area contributed by atoms with Crippen LogP contribution in [0.4, 0.5) is 4.39 Å². The molecule has 9 heteroatoms. The van der Waals surface area contributed by atoms with Crippen molar-refractivity contribution in [1.82, 2.24) is 9.80 Å². The molecule has 0 aliphatic carbocycles. The number of thiocarbonyl (C=S) groups is 1. The Bertz CT molecular complexity index is 1030.